The standard InChI is InChI=1S/C20H31N3O5S/c1-16-14-18(5-6-19(16)27-2)29(25,26)23-8-3-4-17(15-23)20(24)21-7-9-22-10-12-28-13-11-22/h5-6,14,17H,3-4,7-13,15H2,1-2H3,(H,21,24)/t17-/m1/s1. The summed E-state index contributed by atoms with van der Waals surface area (Å²) in [5.74, 6) is 0.270. The van der Waals surface area contributed by atoms with Crippen LogP contribution >= 0.6 is 0 Å². The largest absolute Gasteiger partial charge is 0.496 e. The van der Waals surface area contributed by atoms with Crippen LogP contribution in [0.3, 0.4) is 0 Å². The molecule has 1 atom stereocenters. The number of nitrogens with zero attached hydrogens (tertiary/aromatic N) is 2. The SMILES string of the molecule is COc1ccc(S(=O)(=O)N2CCC[C@@H](C(=O)NCCN3CCOCC3)C2)cc1C. The Bertz CT molecular complexity index is 808. The molecule has 8 nitrogen and oxygen atoms in total. The predicted molar refractivity (Wildman–Crippen MR) is 109 cm³/mol. The van der Waals surface area contributed by atoms with Gasteiger partial charge >= 0.3 is 0 Å². The number of carbonyl (C=O) groups excluding carboxylic acids is 1. The Balaban J connectivity index is 1.57. The number of methoxy groups -OCH3 is 1. The van der Waals surface area contributed by atoms with Crippen molar-refractivity contribution in [2.75, 3.05) is 59.6 Å². The molecule has 2 aliphatic rings. The number of sulfonamides is 1. The van der Waals surface area contributed by atoms with Gasteiger partial charge in [-0.15, -0.1) is 0 Å². The fourth-order valence-electron chi connectivity index (χ4n) is 3.84. The molecule has 1 aromatic carbocycles. The van der Waals surface area contributed by atoms with Gasteiger partial charge < -0.3 is 14.8 Å². The van der Waals surface area contributed by atoms with Crippen LogP contribution in [0.15, 0.2) is 23.1 Å². The fraction of sp³-hybridized carbons (Fsp3) is 0.650. The van der Waals surface area contributed by atoms with Gasteiger partial charge in [0.25, 0.3) is 0 Å². The van der Waals surface area contributed by atoms with Crippen molar-refractivity contribution in [2.24, 2.45) is 5.92 Å². The van der Waals surface area contributed by atoms with Crippen LogP contribution in [-0.4, -0.2) is 83.1 Å². The Hall–Kier alpha value is -1.68. The molecule has 1 amide bonds. The van der Waals surface area contributed by atoms with Crippen molar-refractivity contribution in [3.63, 3.8) is 0 Å². The number of amides is 1. The number of morpholine rings is 1. The Morgan fingerprint density at radius 1 is 1.28 bits per heavy atom. The Morgan fingerprint density at radius 2 is 2.03 bits per heavy atom. The van der Waals surface area contributed by atoms with E-state index in [-0.39, 0.29) is 23.3 Å². The van der Waals surface area contributed by atoms with Gasteiger partial charge in [-0.3, -0.25) is 9.69 Å². The zero-order valence-corrected chi connectivity index (χ0v) is 18.0. The monoisotopic (exact) mass is 425 g/mol. The van der Waals surface area contributed by atoms with E-state index in [1.807, 2.05) is 6.92 Å². The van der Waals surface area contributed by atoms with Crippen molar-refractivity contribution < 1.29 is 22.7 Å². The van der Waals surface area contributed by atoms with Crippen molar-refractivity contribution in [2.45, 2.75) is 24.7 Å². The van der Waals surface area contributed by atoms with E-state index in [0.717, 1.165) is 38.4 Å². The molecule has 3 rings (SSSR count). The zero-order chi connectivity index (χ0) is 20.9. The molecule has 1 N–H and O–H groups in total. The topological polar surface area (TPSA) is 88.2 Å². The average Bonchev–Trinajstić information content (AvgIpc) is 2.74. The van der Waals surface area contributed by atoms with E-state index in [9.17, 15) is 13.2 Å². The van der Waals surface area contributed by atoms with E-state index in [4.69, 9.17) is 9.47 Å². The van der Waals surface area contributed by atoms with Crippen LogP contribution in [0.5, 0.6) is 5.75 Å². The minimum Gasteiger partial charge on any atom is -0.496 e. The minimum atomic E-state index is -3.64. The maximum atomic E-state index is 13.1. The second-order valence-electron chi connectivity index (χ2n) is 7.58. The van der Waals surface area contributed by atoms with Crippen molar-refractivity contribution >= 4 is 15.9 Å². The van der Waals surface area contributed by atoms with Gasteiger partial charge in [0.2, 0.25) is 15.9 Å². The maximum absolute atomic E-state index is 13.1. The summed E-state index contributed by atoms with van der Waals surface area (Å²) in [7, 11) is -2.08. The van der Waals surface area contributed by atoms with E-state index in [0.29, 0.717) is 31.7 Å². The molecule has 1 aromatic rings. The predicted octanol–water partition coefficient (Wildman–Crippen LogP) is 0.853. The molecule has 2 saturated heterocycles. The summed E-state index contributed by atoms with van der Waals surface area (Å²) in [5.41, 5.74) is 0.767. The van der Waals surface area contributed by atoms with Gasteiger partial charge in [0.15, 0.2) is 0 Å². The lowest BCUT2D eigenvalue weighted by Gasteiger charge is -2.31. The van der Waals surface area contributed by atoms with Crippen molar-refractivity contribution in [1.82, 2.24) is 14.5 Å². The highest BCUT2D eigenvalue weighted by atomic mass is 32.2. The summed E-state index contributed by atoms with van der Waals surface area (Å²) < 4.78 is 38.1. The second-order valence-corrected chi connectivity index (χ2v) is 9.52. The number of carbonyl (C=O) groups is 1. The highest BCUT2D eigenvalue weighted by molar-refractivity contribution is 7.89. The quantitative estimate of drug-likeness (QED) is 0.697. The van der Waals surface area contributed by atoms with E-state index in [1.54, 1.807) is 25.3 Å². The lowest BCUT2D eigenvalue weighted by atomic mass is 9.99. The van der Waals surface area contributed by atoms with Crippen molar-refractivity contribution in [1.29, 1.82) is 0 Å². The molecule has 29 heavy (non-hydrogen) atoms. The van der Waals surface area contributed by atoms with Gasteiger partial charge in [-0.05, 0) is 43.5 Å². The summed E-state index contributed by atoms with van der Waals surface area (Å²) in [6, 6.07) is 4.86. The Kier molecular flexibility index (Phi) is 7.50. The molecule has 0 spiro atoms. The molecule has 9 heteroatoms. The number of benzene rings is 1. The number of nitrogens with one attached hydrogen (secondary N) is 1. The maximum Gasteiger partial charge on any atom is 0.243 e. The molecule has 2 fully saturated rings. The van der Waals surface area contributed by atoms with Crippen LogP contribution in [-0.2, 0) is 19.6 Å². The van der Waals surface area contributed by atoms with Crippen LogP contribution < -0.4 is 10.1 Å². The first-order valence-corrected chi connectivity index (χ1v) is 11.6. The molecule has 0 bridgehead atoms. The van der Waals surface area contributed by atoms with Gasteiger partial charge in [0.1, 0.15) is 5.75 Å². The molecule has 0 unspecified atom stereocenters. The number of hydrogen-bond donors (Lipinski definition) is 1. The number of aryl methyl sites for hydroxylation is 1. The summed E-state index contributed by atoms with van der Waals surface area (Å²) in [5, 5.41) is 2.98. The number of piperidine rings is 1. The van der Waals surface area contributed by atoms with Gasteiger partial charge in [-0.25, -0.2) is 8.42 Å². The van der Waals surface area contributed by atoms with E-state index < -0.39 is 10.0 Å². The van der Waals surface area contributed by atoms with Crippen LogP contribution in [0.4, 0.5) is 0 Å². The summed E-state index contributed by atoms with van der Waals surface area (Å²) >= 11 is 0. The van der Waals surface area contributed by atoms with Gasteiger partial charge in [-0.2, -0.15) is 4.31 Å². The van der Waals surface area contributed by atoms with Gasteiger partial charge in [-0.1, -0.05) is 0 Å². The van der Waals surface area contributed by atoms with E-state index in [2.05, 4.69) is 10.2 Å². The van der Waals surface area contributed by atoms with Gasteiger partial charge in [0.05, 0.1) is 31.1 Å². The lowest BCUT2D eigenvalue weighted by molar-refractivity contribution is -0.126. The van der Waals surface area contributed by atoms with Crippen LogP contribution in [0, 0.1) is 12.8 Å². The molecule has 0 saturated carbocycles. The Labute approximate surface area is 173 Å². The third-order valence-electron chi connectivity index (χ3n) is 5.59. The molecular formula is C20H31N3O5S. The fourth-order valence-corrected chi connectivity index (χ4v) is 5.45. The molecule has 2 aliphatic heterocycles. The molecular weight excluding hydrogens is 394 g/mol. The second kappa shape index (κ2) is 9.88. The zero-order valence-electron chi connectivity index (χ0n) is 17.2. The summed E-state index contributed by atoms with van der Waals surface area (Å²) in [6.07, 6.45) is 1.38. The lowest BCUT2D eigenvalue weighted by Crippen LogP contribution is -2.47. The first-order valence-electron chi connectivity index (χ1n) is 10.1. The average molecular weight is 426 g/mol. The molecule has 2 heterocycles. The minimum absolute atomic E-state index is 0.0657. The van der Waals surface area contributed by atoms with E-state index >= 15 is 0 Å². The van der Waals surface area contributed by atoms with Crippen LogP contribution in [0.1, 0.15) is 18.4 Å². The summed E-state index contributed by atoms with van der Waals surface area (Å²) in [6.45, 7) is 7.05. The molecule has 0 radical (unpaired) electrons. The van der Waals surface area contributed by atoms with Gasteiger partial charge in [0, 0.05) is 39.3 Å². The number of ether oxygens (including phenoxy) is 2. The molecule has 0 aromatic heterocycles. The molecule has 162 valence electrons. The number of rotatable bonds is 7. The van der Waals surface area contributed by atoms with Crippen LogP contribution in [0.25, 0.3) is 0 Å². The first kappa shape index (κ1) is 22.0. The first-order chi connectivity index (χ1) is 13.9. The van der Waals surface area contributed by atoms with Crippen LogP contribution in [0.2, 0.25) is 0 Å². The van der Waals surface area contributed by atoms with Crippen molar-refractivity contribution in [3.05, 3.63) is 23.8 Å². The Morgan fingerprint density at radius 3 is 2.72 bits per heavy atom. The highest BCUT2D eigenvalue weighted by Gasteiger charge is 2.33. The third-order valence-corrected chi connectivity index (χ3v) is 7.45. The van der Waals surface area contributed by atoms with Crippen molar-refractivity contribution in [3.8, 4) is 5.75 Å². The number of hydrogen-bond acceptors (Lipinski definition) is 6. The molecule has 0 aliphatic carbocycles. The summed E-state index contributed by atoms with van der Waals surface area (Å²) in [4.78, 5) is 15.1. The normalized spacial score (nSPS) is 21.7. The third kappa shape index (κ3) is 5.48. The van der Waals surface area contributed by atoms with E-state index in [1.165, 1.54) is 4.31 Å². The highest BCUT2D eigenvalue weighted by Crippen LogP contribution is 2.27. The smallest absolute Gasteiger partial charge is 0.243 e.